The van der Waals surface area contributed by atoms with Crippen molar-refractivity contribution >= 4 is 75.9 Å². The molecule has 8 atom stereocenters. The van der Waals surface area contributed by atoms with Gasteiger partial charge < -0.3 is 118 Å². The molecule has 0 aliphatic rings. The summed E-state index contributed by atoms with van der Waals surface area (Å²) in [4.78, 5) is 117. The van der Waals surface area contributed by atoms with Crippen molar-refractivity contribution in [2.24, 2.45) is 51.4 Å². The molecule has 2 heterocycles. The van der Waals surface area contributed by atoms with Crippen LogP contribution in [0.2, 0.25) is 0 Å². The van der Waals surface area contributed by atoms with Crippen molar-refractivity contribution in [2.45, 2.75) is 193 Å². The number of carbonyl (C=O) groups is 8. The SMILES string of the molecule is CC(C)NC(=O)N[C@@H](CN=C(N)N[C@@H](CCCCN)CCC(=O)N[C@H](CNC(=O)N[C@H](CNC(=O)N[C@@H](CCCCN)CNC(=O)N[C@H](CNC(=O)N[C@@H](CCCCN)CNC(=O)N[C@@H](CNC(N)=O)C(C)C)Cc1c[nH]c2ccccc12)C(C)C)Cc1c[nH]c2ccccc12)C(C)C. The van der Waals surface area contributed by atoms with Crippen molar-refractivity contribution in [3.8, 4) is 0 Å². The molecule has 31 heteroatoms. The molecule has 0 aliphatic carbocycles. The average Bonchev–Trinajstić information content (AvgIpc) is 1.73. The van der Waals surface area contributed by atoms with E-state index >= 15 is 0 Å². The normalized spacial score (nSPS) is 14.0. The van der Waals surface area contributed by atoms with Crippen molar-refractivity contribution in [1.82, 2.24) is 89.7 Å². The third-order valence-corrected chi connectivity index (χ3v) is 17.0. The number of unbranched alkanes of at least 4 members (excludes halogenated alkanes) is 3. The number of aromatic amines is 2. The predicted molar refractivity (Wildman–Crippen MR) is 392 cm³/mol. The lowest BCUT2D eigenvalue weighted by Gasteiger charge is -2.26. The van der Waals surface area contributed by atoms with E-state index < -0.39 is 72.4 Å². The maximum atomic E-state index is 13.9. The Bertz CT molecular complexity index is 3100. The van der Waals surface area contributed by atoms with Gasteiger partial charge in [-0.25, -0.2) is 33.6 Å². The van der Waals surface area contributed by atoms with Crippen LogP contribution in [0.4, 0.5) is 33.6 Å². The highest BCUT2D eigenvalue weighted by molar-refractivity contribution is 5.85. The Morgan fingerprint density at radius 2 is 0.788 bits per heavy atom. The molecule has 0 bridgehead atoms. The van der Waals surface area contributed by atoms with Crippen molar-refractivity contribution in [3.05, 3.63) is 72.1 Å². The number of guanidine groups is 1. The van der Waals surface area contributed by atoms with Gasteiger partial charge in [0.25, 0.3) is 0 Å². The van der Waals surface area contributed by atoms with Gasteiger partial charge in [-0.05, 0) is 132 Å². The number of hydrogen-bond acceptors (Lipinski definition) is 12. The molecule has 0 unspecified atom stereocenters. The number of benzene rings is 2. The minimum Gasteiger partial charge on any atom is -0.370 e. The second-order valence-electron chi connectivity index (χ2n) is 26.8. The standard InChI is InChI=1S/C68H119N23O8/c1-42(2)57(91-68(99)83-45(7)8)39-76-61(72)85-48(19-13-16-28-69)26-27-60(92)84-51(31-46-33-74-55-24-11-9-22-53(46)55)37-81-67(98)90-59(44(5)6)41-82-65(96)87-49(20-14-17-29-70)35-78-64(95)88-52(32-47-34-75-56-25-12-10-23-54(47)56)38-80-63(94)86-50(21-15-18-30-71)36-79-66(97)89-58(43(3)4)40-77-62(73)93/h9-12,22-25,33-34,42-45,48-52,57-59,74-75H,13-21,26-32,35-41,69-71H2,1-8H3,(H,84,92)(H3,72,76,85)(H3,73,77,93)(H2,78,88,95)(H2,79,89,97)(H2,80,86,94)(H2,81,90,98)(H2,82,87,96)(H2,83,91,99)/t48-,49-,50-,51-,52-,57-,58-,59+/m0/s1. The summed E-state index contributed by atoms with van der Waals surface area (Å²) >= 11 is 0. The van der Waals surface area contributed by atoms with E-state index in [-0.39, 0.29) is 106 Å². The molecule has 31 nitrogen and oxygen atoms in total. The maximum Gasteiger partial charge on any atom is 0.315 e. The van der Waals surface area contributed by atoms with E-state index in [0.29, 0.717) is 83.8 Å². The third kappa shape index (κ3) is 33.4. The van der Waals surface area contributed by atoms with Crippen LogP contribution < -0.4 is 108 Å². The second-order valence-corrected chi connectivity index (χ2v) is 26.8. The zero-order valence-corrected chi connectivity index (χ0v) is 59.6. The van der Waals surface area contributed by atoms with E-state index in [1.54, 1.807) is 0 Å². The molecule has 0 saturated carbocycles. The van der Waals surface area contributed by atoms with E-state index in [4.69, 9.17) is 28.7 Å². The van der Waals surface area contributed by atoms with Crippen LogP contribution >= 0.6 is 0 Å². The third-order valence-electron chi connectivity index (χ3n) is 17.0. The summed E-state index contributed by atoms with van der Waals surface area (Å²) in [6.45, 7) is 17.5. The zero-order valence-electron chi connectivity index (χ0n) is 59.6. The Morgan fingerprint density at radius 3 is 1.22 bits per heavy atom. The van der Waals surface area contributed by atoms with Crippen molar-refractivity contribution in [2.75, 3.05) is 65.4 Å². The van der Waals surface area contributed by atoms with E-state index in [9.17, 15) is 38.4 Å². The molecule has 15 amide bonds. The number of fused-ring (bicyclic) bond motifs is 2. The zero-order chi connectivity index (χ0) is 72.7. The summed E-state index contributed by atoms with van der Waals surface area (Å²) in [6.07, 6.45) is 11.1. The van der Waals surface area contributed by atoms with Crippen LogP contribution in [0.5, 0.6) is 0 Å². The molecule has 0 spiro atoms. The first-order chi connectivity index (χ1) is 47.4. The van der Waals surface area contributed by atoms with Crippen molar-refractivity contribution in [1.29, 1.82) is 0 Å². The second kappa shape index (κ2) is 45.6. The molecule has 2 aromatic heterocycles. The van der Waals surface area contributed by atoms with E-state index in [1.165, 1.54) is 0 Å². The first-order valence-corrected chi connectivity index (χ1v) is 35.2. The minimum absolute atomic E-state index is 0.0167. The quantitative estimate of drug-likeness (QED) is 0.0172. The van der Waals surface area contributed by atoms with Crippen molar-refractivity contribution < 1.29 is 38.4 Å². The monoisotopic (exact) mass is 1390 g/mol. The number of amides is 15. The van der Waals surface area contributed by atoms with Gasteiger partial charge in [-0.15, -0.1) is 0 Å². The molecule has 0 radical (unpaired) electrons. The largest absolute Gasteiger partial charge is 0.370 e. The van der Waals surface area contributed by atoms with Gasteiger partial charge in [0.15, 0.2) is 5.96 Å². The molecule has 2 aromatic carbocycles. The number of para-hydroxylation sites is 2. The van der Waals surface area contributed by atoms with Gasteiger partial charge in [0.2, 0.25) is 5.91 Å². The predicted octanol–water partition coefficient (Wildman–Crippen LogP) is 3.41. The van der Waals surface area contributed by atoms with Gasteiger partial charge in [0.1, 0.15) is 0 Å². The lowest BCUT2D eigenvalue weighted by Crippen LogP contribution is -2.56. The lowest BCUT2D eigenvalue weighted by molar-refractivity contribution is -0.122. The minimum atomic E-state index is -0.704. The molecule has 0 fully saturated rings. The maximum absolute atomic E-state index is 13.9. The first kappa shape index (κ1) is 82.5. The Morgan fingerprint density at radius 1 is 0.404 bits per heavy atom. The summed E-state index contributed by atoms with van der Waals surface area (Å²) in [5.74, 6) is -0.0744. The van der Waals surface area contributed by atoms with E-state index in [0.717, 1.165) is 45.8 Å². The number of nitrogens with two attached hydrogens (primary N) is 5. The Balaban J connectivity index is 1.38. The van der Waals surface area contributed by atoms with Crippen LogP contribution in [0.1, 0.15) is 137 Å². The van der Waals surface area contributed by atoms with Crippen LogP contribution in [0.15, 0.2) is 65.9 Å². The fraction of sp³-hybridized carbons (Fsp3) is 0.632. The van der Waals surface area contributed by atoms with Gasteiger partial charge in [0.05, 0.1) is 36.8 Å². The van der Waals surface area contributed by atoms with Gasteiger partial charge >= 0.3 is 42.2 Å². The van der Waals surface area contributed by atoms with Gasteiger partial charge in [-0.2, -0.15) is 0 Å². The van der Waals surface area contributed by atoms with Gasteiger partial charge in [0, 0.05) is 104 Å². The fourth-order valence-corrected chi connectivity index (χ4v) is 11.1. The number of urea groups is 7. The summed E-state index contributed by atoms with van der Waals surface area (Å²) in [5, 5.41) is 46.1. The highest BCUT2D eigenvalue weighted by Gasteiger charge is 2.26. The molecule has 0 aliphatic heterocycles. The summed E-state index contributed by atoms with van der Waals surface area (Å²) in [6, 6.07) is 8.51. The van der Waals surface area contributed by atoms with Crippen LogP contribution in [-0.4, -0.2) is 184 Å². The average molecular weight is 1390 g/mol. The molecule has 554 valence electrons. The fourth-order valence-electron chi connectivity index (χ4n) is 11.1. The number of aromatic nitrogens is 2. The molecule has 4 aromatic rings. The summed E-state index contributed by atoms with van der Waals surface area (Å²) < 4.78 is 0. The summed E-state index contributed by atoms with van der Waals surface area (Å²) in [7, 11) is 0. The van der Waals surface area contributed by atoms with Crippen LogP contribution in [0, 0.1) is 17.8 Å². The number of primary amides is 1. The number of rotatable bonds is 45. The van der Waals surface area contributed by atoms with E-state index in [1.807, 2.05) is 116 Å². The Hall–Kier alpha value is -8.97. The van der Waals surface area contributed by atoms with Crippen LogP contribution in [0.3, 0.4) is 0 Å². The number of hydrogen-bond donors (Lipinski definition) is 22. The highest BCUT2D eigenvalue weighted by Crippen LogP contribution is 2.21. The smallest absolute Gasteiger partial charge is 0.315 e. The number of H-pyrrole nitrogens is 2. The topological polar surface area (TPSA) is 491 Å². The lowest BCUT2D eigenvalue weighted by atomic mass is 10.0. The van der Waals surface area contributed by atoms with E-state index in [2.05, 4.69) is 94.7 Å². The van der Waals surface area contributed by atoms with Crippen LogP contribution in [0.25, 0.3) is 21.8 Å². The van der Waals surface area contributed by atoms with Gasteiger partial charge in [-0.3, -0.25) is 9.79 Å². The molecular weight excluding hydrogens is 1270 g/mol. The number of nitrogens with zero attached hydrogens (tertiary/aromatic N) is 1. The molecule has 27 N–H and O–H groups in total. The molecule has 99 heavy (non-hydrogen) atoms. The first-order valence-electron chi connectivity index (χ1n) is 35.2. The number of nitrogens with one attached hydrogen (secondary N) is 17. The molecule has 4 rings (SSSR count). The molecular formula is C68H119N23O8. The van der Waals surface area contributed by atoms with Crippen molar-refractivity contribution in [3.63, 3.8) is 0 Å². The number of carbonyl (C=O) groups excluding carboxylic acids is 8. The molecule has 0 saturated heterocycles. The van der Waals surface area contributed by atoms with Gasteiger partial charge in [-0.1, -0.05) is 97.2 Å². The Kier molecular flexibility index (Phi) is 38.0. The highest BCUT2D eigenvalue weighted by atomic mass is 16.2. The number of aliphatic imine (C=N–C) groups is 1. The van der Waals surface area contributed by atoms with Crippen LogP contribution in [-0.2, 0) is 17.6 Å². The summed E-state index contributed by atoms with van der Waals surface area (Å²) in [5.41, 5.74) is 32.9. The Labute approximate surface area is 583 Å².